The van der Waals surface area contributed by atoms with Crippen LogP contribution in [-0.2, 0) is 29.1 Å². The number of likely N-dealkylation sites (tertiary alicyclic amines) is 1. The van der Waals surface area contributed by atoms with E-state index in [2.05, 4.69) is 33.9 Å². The van der Waals surface area contributed by atoms with Gasteiger partial charge in [0.1, 0.15) is 11.6 Å². The van der Waals surface area contributed by atoms with Crippen molar-refractivity contribution in [1.29, 1.82) is 0 Å². The summed E-state index contributed by atoms with van der Waals surface area (Å²) in [6.07, 6.45) is 4.29. The molecule has 1 amide bonds. The maximum absolute atomic E-state index is 12.7. The molecular weight excluding hydrogens is 394 g/mol. The summed E-state index contributed by atoms with van der Waals surface area (Å²) < 4.78 is 5.60. The third-order valence-corrected chi connectivity index (χ3v) is 5.77. The third kappa shape index (κ3) is 4.85. The van der Waals surface area contributed by atoms with Crippen LogP contribution in [-0.4, -0.2) is 46.3 Å². The van der Waals surface area contributed by atoms with E-state index in [0.717, 1.165) is 38.0 Å². The summed E-state index contributed by atoms with van der Waals surface area (Å²) in [5.41, 5.74) is 8.73. The number of unbranched alkanes of at least 4 members (excludes halogenated alkanes) is 1. The molecule has 31 heavy (non-hydrogen) atoms. The number of anilines is 2. The van der Waals surface area contributed by atoms with Crippen LogP contribution >= 0.6 is 0 Å². The molecule has 0 spiro atoms. The van der Waals surface area contributed by atoms with E-state index in [-0.39, 0.29) is 24.8 Å². The highest BCUT2D eigenvalue weighted by molar-refractivity contribution is 6.43. The molecule has 0 atom stereocenters. The van der Waals surface area contributed by atoms with Crippen LogP contribution in [0.2, 0.25) is 0 Å². The van der Waals surface area contributed by atoms with Gasteiger partial charge in [-0.1, -0.05) is 37.6 Å². The molecule has 2 N–H and O–H groups in total. The predicted octanol–water partition coefficient (Wildman–Crippen LogP) is 2.49. The van der Waals surface area contributed by atoms with E-state index < -0.39 is 11.7 Å². The van der Waals surface area contributed by atoms with Gasteiger partial charge in [-0.2, -0.15) is 9.97 Å². The van der Waals surface area contributed by atoms with Crippen molar-refractivity contribution in [3.63, 3.8) is 0 Å². The first-order valence-corrected chi connectivity index (χ1v) is 11.0. The van der Waals surface area contributed by atoms with Crippen molar-refractivity contribution >= 4 is 23.3 Å². The van der Waals surface area contributed by atoms with Gasteiger partial charge in [0, 0.05) is 18.5 Å². The van der Waals surface area contributed by atoms with E-state index in [4.69, 9.17) is 10.5 Å². The minimum absolute atomic E-state index is 0.0828. The number of aromatic nitrogens is 2. The fourth-order valence-electron chi connectivity index (χ4n) is 3.99. The Balaban J connectivity index is 1.54. The molecule has 8 heteroatoms. The molecule has 1 fully saturated rings. The maximum Gasteiger partial charge on any atom is 0.320 e. The SMILES string of the molecule is CCCCOc1nc(N)c2c(n1)N(Cc1ccc(CN3CCCC3)cc1)C(=O)C(=O)C2. The van der Waals surface area contributed by atoms with Crippen LogP contribution in [0.5, 0.6) is 6.01 Å². The van der Waals surface area contributed by atoms with E-state index in [0.29, 0.717) is 18.0 Å². The number of carbonyl (C=O) groups is 2. The summed E-state index contributed by atoms with van der Waals surface area (Å²) in [5.74, 6) is -0.535. The van der Waals surface area contributed by atoms with Crippen molar-refractivity contribution in [3.05, 3.63) is 41.0 Å². The van der Waals surface area contributed by atoms with Crippen LogP contribution in [0.4, 0.5) is 11.6 Å². The van der Waals surface area contributed by atoms with Crippen LogP contribution in [0.3, 0.4) is 0 Å². The first-order valence-electron chi connectivity index (χ1n) is 11.0. The first-order chi connectivity index (χ1) is 15.0. The van der Waals surface area contributed by atoms with Crippen LogP contribution in [0.1, 0.15) is 49.3 Å². The Hall–Kier alpha value is -3.00. The zero-order valence-corrected chi connectivity index (χ0v) is 18.0. The lowest BCUT2D eigenvalue weighted by atomic mass is 10.0. The number of amides is 1. The quantitative estimate of drug-likeness (QED) is 0.514. The number of ether oxygens (including phenoxy) is 1. The second-order valence-corrected chi connectivity index (χ2v) is 8.19. The lowest BCUT2D eigenvalue weighted by Crippen LogP contribution is -2.42. The van der Waals surface area contributed by atoms with Gasteiger partial charge in [-0.05, 0) is 43.5 Å². The molecule has 2 aromatic rings. The normalized spacial score (nSPS) is 16.6. The summed E-state index contributed by atoms with van der Waals surface area (Å²) in [6.45, 7) is 6.01. The summed E-state index contributed by atoms with van der Waals surface area (Å²) in [4.78, 5) is 37.4. The van der Waals surface area contributed by atoms with Crippen molar-refractivity contribution in [2.45, 2.75) is 52.1 Å². The number of nitrogens with two attached hydrogens (primary N) is 1. The molecule has 0 bridgehead atoms. The second-order valence-electron chi connectivity index (χ2n) is 8.19. The summed E-state index contributed by atoms with van der Waals surface area (Å²) in [5, 5.41) is 0. The van der Waals surface area contributed by atoms with E-state index in [1.807, 2.05) is 12.1 Å². The fraction of sp³-hybridized carbons (Fsp3) is 0.478. The number of carbonyl (C=O) groups excluding carboxylic acids is 2. The van der Waals surface area contributed by atoms with E-state index in [9.17, 15) is 9.59 Å². The number of benzene rings is 1. The molecule has 8 nitrogen and oxygen atoms in total. The summed E-state index contributed by atoms with van der Waals surface area (Å²) >= 11 is 0. The lowest BCUT2D eigenvalue weighted by Gasteiger charge is -2.28. The molecule has 1 saturated heterocycles. The zero-order chi connectivity index (χ0) is 21.8. The molecule has 3 heterocycles. The van der Waals surface area contributed by atoms with Crippen LogP contribution in [0.25, 0.3) is 0 Å². The molecule has 0 unspecified atom stereocenters. The van der Waals surface area contributed by atoms with Gasteiger partial charge in [0.15, 0.2) is 0 Å². The topological polar surface area (TPSA) is 102 Å². The highest BCUT2D eigenvalue weighted by Gasteiger charge is 2.35. The maximum atomic E-state index is 12.7. The molecule has 1 aromatic carbocycles. The Labute approximate surface area is 182 Å². The summed E-state index contributed by atoms with van der Waals surface area (Å²) in [7, 11) is 0. The Morgan fingerprint density at radius 2 is 1.71 bits per heavy atom. The fourth-order valence-corrected chi connectivity index (χ4v) is 3.99. The van der Waals surface area contributed by atoms with E-state index >= 15 is 0 Å². The molecule has 0 radical (unpaired) electrons. The largest absolute Gasteiger partial charge is 0.463 e. The van der Waals surface area contributed by atoms with E-state index in [1.54, 1.807) is 0 Å². The van der Waals surface area contributed by atoms with Gasteiger partial charge >= 0.3 is 6.01 Å². The number of hydrogen-bond donors (Lipinski definition) is 1. The number of rotatable bonds is 8. The Bertz CT molecular complexity index is 954. The van der Waals surface area contributed by atoms with Crippen molar-refractivity contribution in [2.24, 2.45) is 0 Å². The van der Waals surface area contributed by atoms with Crippen LogP contribution < -0.4 is 15.4 Å². The third-order valence-electron chi connectivity index (χ3n) is 5.77. The molecule has 1 aromatic heterocycles. The van der Waals surface area contributed by atoms with Gasteiger partial charge in [0.05, 0.1) is 13.2 Å². The number of hydrogen-bond acceptors (Lipinski definition) is 7. The molecule has 0 saturated carbocycles. The highest BCUT2D eigenvalue weighted by atomic mass is 16.5. The van der Waals surface area contributed by atoms with Gasteiger partial charge in [-0.15, -0.1) is 0 Å². The van der Waals surface area contributed by atoms with Crippen LogP contribution in [0.15, 0.2) is 24.3 Å². The smallest absolute Gasteiger partial charge is 0.320 e. The number of Topliss-reactive ketones (excluding diaryl/α,β-unsaturated/α-hetero) is 1. The van der Waals surface area contributed by atoms with Gasteiger partial charge < -0.3 is 10.5 Å². The van der Waals surface area contributed by atoms with Gasteiger partial charge in [0.2, 0.25) is 5.78 Å². The minimum atomic E-state index is -0.578. The van der Waals surface area contributed by atoms with Crippen molar-refractivity contribution in [1.82, 2.24) is 14.9 Å². The van der Waals surface area contributed by atoms with Crippen molar-refractivity contribution in [3.8, 4) is 6.01 Å². The number of fused-ring (bicyclic) bond motifs is 1. The average molecular weight is 424 g/mol. The molecule has 164 valence electrons. The molecule has 2 aliphatic heterocycles. The Kier molecular flexibility index (Phi) is 6.46. The predicted molar refractivity (Wildman–Crippen MR) is 118 cm³/mol. The number of ketones is 1. The molecular formula is C23H29N5O3. The molecule has 0 aliphatic carbocycles. The molecule has 2 aliphatic rings. The Morgan fingerprint density at radius 3 is 2.39 bits per heavy atom. The van der Waals surface area contributed by atoms with Gasteiger partial charge in [-0.3, -0.25) is 19.4 Å². The summed E-state index contributed by atoms with van der Waals surface area (Å²) in [6, 6.07) is 8.30. The highest BCUT2D eigenvalue weighted by Crippen LogP contribution is 2.31. The first kappa shape index (κ1) is 21.2. The van der Waals surface area contributed by atoms with E-state index in [1.165, 1.54) is 23.3 Å². The van der Waals surface area contributed by atoms with Gasteiger partial charge in [0.25, 0.3) is 5.91 Å². The van der Waals surface area contributed by atoms with Crippen molar-refractivity contribution < 1.29 is 14.3 Å². The monoisotopic (exact) mass is 423 g/mol. The zero-order valence-electron chi connectivity index (χ0n) is 18.0. The average Bonchev–Trinajstić information content (AvgIpc) is 3.27. The van der Waals surface area contributed by atoms with Crippen LogP contribution in [0, 0.1) is 0 Å². The number of nitrogen functional groups attached to an aromatic ring is 1. The lowest BCUT2D eigenvalue weighted by molar-refractivity contribution is -0.136. The number of nitrogens with zero attached hydrogens (tertiary/aromatic N) is 4. The minimum Gasteiger partial charge on any atom is -0.463 e. The molecule has 4 rings (SSSR count). The van der Waals surface area contributed by atoms with Crippen molar-refractivity contribution in [2.75, 3.05) is 30.3 Å². The van der Waals surface area contributed by atoms with Gasteiger partial charge in [-0.25, -0.2) is 0 Å². The standard InChI is InChI=1S/C23H29N5O3/c1-2-3-12-31-23-25-20(24)18-13-19(29)22(30)28(21(18)26-23)15-17-8-6-16(7-9-17)14-27-10-4-5-11-27/h6-9H,2-5,10-15H2,1H3,(H2,24,25,26). The Morgan fingerprint density at radius 1 is 1.03 bits per heavy atom. The second kappa shape index (κ2) is 9.43.